The van der Waals surface area contributed by atoms with Gasteiger partial charge < -0.3 is 4.57 Å². The molecule has 5 nitrogen and oxygen atoms in total. The number of imidazole rings is 1. The van der Waals surface area contributed by atoms with Crippen molar-refractivity contribution >= 4 is 37.8 Å². The molecule has 0 spiro atoms. The van der Waals surface area contributed by atoms with Gasteiger partial charge in [0.15, 0.2) is 0 Å². The molecule has 26 heavy (non-hydrogen) atoms. The highest BCUT2D eigenvalue weighted by Crippen LogP contribution is 2.24. The first-order valence-electron chi connectivity index (χ1n) is 8.55. The molecule has 4 rings (SSSR count). The molecule has 0 aliphatic rings. The van der Waals surface area contributed by atoms with Crippen molar-refractivity contribution in [2.75, 3.05) is 4.72 Å². The van der Waals surface area contributed by atoms with Gasteiger partial charge in [0.25, 0.3) is 10.0 Å². The van der Waals surface area contributed by atoms with Crippen LogP contribution in [0.1, 0.15) is 13.3 Å². The minimum atomic E-state index is -3.73. The fourth-order valence-electron chi connectivity index (χ4n) is 3.12. The van der Waals surface area contributed by atoms with Gasteiger partial charge in [-0.05, 0) is 41.5 Å². The van der Waals surface area contributed by atoms with Crippen molar-refractivity contribution in [2.24, 2.45) is 0 Å². The van der Waals surface area contributed by atoms with Crippen molar-refractivity contribution < 1.29 is 8.42 Å². The Hall–Kier alpha value is -2.86. The first kappa shape index (κ1) is 16.6. The standard InChI is InChI=1S/C20H19N3O2S/c1-2-13-23-19-10-6-5-9-18(19)21-20(23)22-26(24,25)17-12-11-15-7-3-4-8-16(15)14-17/h3-12,14H,2,13H2,1H3,(H,21,22). The average Bonchev–Trinajstić information content (AvgIpc) is 2.98. The van der Waals surface area contributed by atoms with E-state index in [4.69, 9.17) is 0 Å². The molecule has 1 aromatic heterocycles. The van der Waals surface area contributed by atoms with E-state index in [1.165, 1.54) is 0 Å². The van der Waals surface area contributed by atoms with E-state index in [0.29, 0.717) is 12.5 Å². The summed E-state index contributed by atoms with van der Waals surface area (Å²) in [7, 11) is -3.73. The number of para-hydroxylation sites is 2. The normalized spacial score (nSPS) is 11.9. The highest BCUT2D eigenvalue weighted by atomic mass is 32.2. The zero-order valence-corrected chi connectivity index (χ0v) is 15.2. The quantitative estimate of drug-likeness (QED) is 0.570. The van der Waals surface area contributed by atoms with Gasteiger partial charge in [-0.3, -0.25) is 0 Å². The van der Waals surface area contributed by atoms with Gasteiger partial charge in [0.1, 0.15) is 0 Å². The lowest BCUT2D eigenvalue weighted by molar-refractivity contribution is 0.600. The van der Waals surface area contributed by atoms with Crippen molar-refractivity contribution in [1.82, 2.24) is 9.55 Å². The molecule has 0 unspecified atom stereocenters. The molecule has 0 aliphatic carbocycles. The SMILES string of the molecule is CCCn1c(NS(=O)(=O)c2ccc3ccccc3c2)nc2ccccc21. The summed E-state index contributed by atoms with van der Waals surface area (Å²) in [4.78, 5) is 4.71. The Bertz CT molecular complexity index is 1200. The van der Waals surface area contributed by atoms with Gasteiger partial charge in [0.2, 0.25) is 5.95 Å². The second-order valence-corrected chi connectivity index (χ2v) is 7.87. The van der Waals surface area contributed by atoms with E-state index in [2.05, 4.69) is 16.6 Å². The Balaban J connectivity index is 1.77. The number of aromatic nitrogens is 2. The molecular formula is C20H19N3O2S. The predicted octanol–water partition coefficient (Wildman–Crippen LogP) is 4.40. The fourth-order valence-corrected chi connectivity index (χ4v) is 4.16. The van der Waals surface area contributed by atoms with Crippen LogP contribution in [-0.2, 0) is 16.6 Å². The Morgan fingerprint density at radius 3 is 2.50 bits per heavy atom. The number of rotatable bonds is 5. The predicted molar refractivity (Wildman–Crippen MR) is 105 cm³/mol. The first-order valence-corrected chi connectivity index (χ1v) is 10.0. The van der Waals surface area contributed by atoms with Crippen molar-refractivity contribution in [3.05, 3.63) is 66.7 Å². The molecule has 4 aromatic rings. The summed E-state index contributed by atoms with van der Waals surface area (Å²) in [5.41, 5.74) is 1.70. The van der Waals surface area contributed by atoms with Gasteiger partial charge >= 0.3 is 0 Å². The van der Waals surface area contributed by atoms with Crippen LogP contribution in [0.5, 0.6) is 0 Å². The van der Waals surface area contributed by atoms with Crippen LogP contribution in [0.25, 0.3) is 21.8 Å². The topological polar surface area (TPSA) is 64.0 Å². The number of nitrogens with zero attached hydrogens (tertiary/aromatic N) is 2. The molecule has 1 N–H and O–H groups in total. The minimum Gasteiger partial charge on any atom is -0.309 e. The summed E-state index contributed by atoms with van der Waals surface area (Å²) < 4.78 is 30.4. The number of anilines is 1. The second kappa shape index (κ2) is 6.46. The molecule has 132 valence electrons. The third-order valence-electron chi connectivity index (χ3n) is 4.36. The van der Waals surface area contributed by atoms with E-state index in [9.17, 15) is 8.42 Å². The molecule has 0 radical (unpaired) electrons. The van der Waals surface area contributed by atoms with Crippen molar-refractivity contribution in [3.8, 4) is 0 Å². The third-order valence-corrected chi connectivity index (χ3v) is 5.68. The summed E-state index contributed by atoms with van der Waals surface area (Å²) in [6, 6.07) is 20.5. The molecule has 0 saturated heterocycles. The van der Waals surface area contributed by atoms with E-state index >= 15 is 0 Å². The van der Waals surface area contributed by atoms with Gasteiger partial charge in [0.05, 0.1) is 15.9 Å². The largest absolute Gasteiger partial charge is 0.309 e. The van der Waals surface area contributed by atoms with Crippen LogP contribution in [0.2, 0.25) is 0 Å². The Morgan fingerprint density at radius 2 is 1.69 bits per heavy atom. The van der Waals surface area contributed by atoms with Crippen molar-refractivity contribution in [1.29, 1.82) is 0 Å². The number of benzene rings is 3. The Labute approximate surface area is 152 Å². The van der Waals surface area contributed by atoms with Gasteiger partial charge in [-0.25, -0.2) is 18.1 Å². The minimum absolute atomic E-state index is 0.228. The van der Waals surface area contributed by atoms with Gasteiger partial charge in [-0.15, -0.1) is 0 Å². The van der Waals surface area contributed by atoms with Crippen molar-refractivity contribution in [2.45, 2.75) is 24.8 Å². The van der Waals surface area contributed by atoms with Crippen LogP contribution in [0.15, 0.2) is 71.6 Å². The van der Waals surface area contributed by atoms with Crippen LogP contribution in [0.4, 0.5) is 5.95 Å². The summed E-state index contributed by atoms with van der Waals surface area (Å²) in [6.45, 7) is 2.74. The lowest BCUT2D eigenvalue weighted by Crippen LogP contribution is -2.16. The monoisotopic (exact) mass is 365 g/mol. The molecule has 0 fully saturated rings. The van der Waals surface area contributed by atoms with Crippen LogP contribution in [-0.4, -0.2) is 18.0 Å². The number of nitrogens with one attached hydrogen (secondary N) is 1. The fraction of sp³-hybridized carbons (Fsp3) is 0.150. The van der Waals surface area contributed by atoms with Crippen LogP contribution in [0.3, 0.4) is 0 Å². The average molecular weight is 365 g/mol. The molecular weight excluding hydrogens is 346 g/mol. The van der Waals surface area contributed by atoms with E-state index < -0.39 is 10.0 Å². The molecule has 0 bridgehead atoms. The zero-order chi connectivity index (χ0) is 18.1. The third kappa shape index (κ3) is 2.93. The summed E-state index contributed by atoms with van der Waals surface area (Å²) in [5.74, 6) is 0.348. The maximum absolute atomic E-state index is 12.9. The smallest absolute Gasteiger partial charge is 0.264 e. The van der Waals surface area contributed by atoms with Crippen LogP contribution in [0, 0.1) is 0 Å². The molecule has 0 aliphatic heterocycles. The van der Waals surface area contributed by atoms with Crippen LogP contribution < -0.4 is 4.72 Å². The first-order chi connectivity index (χ1) is 12.6. The number of aryl methyl sites for hydroxylation is 1. The molecule has 0 amide bonds. The van der Waals surface area contributed by atoms with Gasteiger partial charge in [-0.1, -0.05) is 49.4 Å². The zero-order valence-electron chi connectivity index (χ0n) is 14.4. The highest BCUT2D eigenvalue weighted by Gasteiger charge is 2.19. The molecule has 0 atom stereocenters. The lowest BCUT2D eigenvalue weighted by Gasteiger charge is -2.11. The van der Waals surface area contributed by atoms with E-state index in [-0.39, 0.29) is 4.90 Å². The Kier molecular flexibility index (Phi) is 4.12. The molecule has 0 saturated carbocycles. The maximum atomic E-state index is 12.9. The van der Waals surface area contributed by atoms with E-state index in [1.54, 1.807) is 12.1 Å². The van der Waals surface area contributed by atoms with Crippen LogP contribution >= 0.6 is 0 Å². The number of sulfonamides is 1. The molecule has 3 aromatic carbocycles. The number of hydrogen-bond donors (Lipinski definition) is 1. The molecule has 6 heteroatoms. The summed E-state index contributed by atoms with van der Waals surface area (Å²) >= 11 is 0. The van der Waals surface area contributed by atoms with Gasteiger partial charge in [0, 0.05) is 6.54 Å². The van der Waals surface area contributed by atoms with Gasteiger partial charge in [-0.2, -0.15) is 0 Å². The highest BCUT2D eigenvalue weighted by molar-refractivity contribution is 7.92. The summed E-state index contributed by atoms with van der Waals surface area (Å²) in [5, 5.41) is 1.89. The van der Waals surface area contributed by atoms with E-state index in [0.717, 1.165) is 28.2 Å². The maximum Gasteiger partial charge on any atom is 0.264 e. The summed E-state index contributed by atoms with van der Waals surface area (Å²) in [6.07, 6.45) is 0.880. The number of fused-ring (bicyclic) bond motifs is 2. The second-order valence-electron chi connectivity index (χ2n) is 6.19. The lowest BCUT2D eigenvalue weighted by atomic mass is 10.1. The van der Waals surface area contributed by atoms with E-state index in [1.807, 2.05) is 59.2 Å². The van der Waals surface area contributed by atoms with Crippen molar-refractivity contribution in [3.63, 3.8) is 0 Å². The molecule has 1 heterocycles. The Morgan fingerprint density at radius 1 is 0.962 bits per heavy atom. The number of hydrogen-bond acceptors (Lipinski definition) is 3.